The Labute approximate surface area is 173 Å². The predicted octanol–water partition coefficient (Wildman–Crippen LogP) is 4.51. The molecule has 2 heterocycles. The quantitative estimate of drug-likeness (QED) is 0.778. The van der Waals surface area contributed by atoms with E-state index in [1.807, 2.05) is 18.2 Å². The molecule has 0 spiro atoms. The number of benzene rings is 1. The number of nitrogens with zero attached hydrogens (tertiary/aromatic N) is 3. The second kappa shape index (κ2) is 9.38. The zero-order valence-corrected chi connectivity index (χ0v) is 17.4. The van der Waals surface area contributed by atoms with Gasteiger partial charge in [0.2, 0.25) is 5.91 Å². The number of carbonyl (C=O) groups excluding carboxylic acids is 1. The average molecular weight is 393 g/mol. The van der Waals surface area contributed by atoms with Gasteiger partial charge in [-0.1, -0.05) is 49.4 Å². The van der Waals surface area contributed by atoms with Crippen molar-refractivity contribution >= 4 is 11.7 Å². The van der Waals surface area contributed by atoms with Gasteiger partial charge in [-0.2, -0.15) is 0 Å². The van der Waals surface area contributed by atoms with Crippen LogP contribution in [0.4, 0.5) is 5.82 Å². The molecule has 0 bridgehead atoms. The Hall–Kier alpha value is -2.43. The summed E-state index contributed by atoms with van der Waals surface area (Å²) in [6.45, 7) is 3.75. The van der Waals surface area contributed by atoms with E-state index >= 15 is 0 Å². The summed E-state index contributed by atoms with van der Waals surface area (Å²) in [4.78, 5) is 15.1. The Morgan fingerprint density at radius 2 is 1.83 bits per heavy atom. The summed E-state index contributed by atoms with van der Waals surface area (Å²) >= 11 is 0. The highest BCUT2D eigenvalue weighted by atomic mass is 16.2. The first-order chi connectivity index (χ1) is 14.2. The van der Waals surface area contributed by atoms with Crippen molar-refractivity contribution in [2.75, 3.05) is 18.0 Å². The Morgan fingerprint density at radius 3 is 2.55 bits per heavy atom. The largest absolute Gasteiger partial charge is 0.354 e. The number of piperidine rings is 1. The molecule has 0 radical (unpaired) electrons. The van der Waals surface area contributed by atoms with E-state index in [2.05, 4.69) is 45.5 Å². The third-order valence-electron chi connectivity index (χ3n) is 6.28. The van der Waals surface area contributed by atoms with E-state index in [9.17, 15) is 4.79 Å². The van der Waals surface area contributed by atoms with Crippen LogP contribution in [0, 0.1) is 12.8 Å². The lowest BCUT2D eigenvalue weighted by Crippen LogP contribution is -2.46. The Morgan fingerprint density at radius 1 is 1.00 bits per heavy atom. The fraction of sp³-hybridized carbons (Fsp3) is 0.542. The summed E-state index contributed by atoms with van der Waals surface area (Å²) in [5.74, 6) is 1.14. The molecule has 5 nitrogen and oxygen atoms in total. The van der Waals surface area contributed by atoms with Crippen molar-refractivity contribution in [1.82, 2.24) is 15.5 Å². The molecule has 2 aliphatic rings. The zero-order chi connectivity index (χ0) is 20.1. The van der Waals surface area contributed by atoms with Gasteiger partial charge in [0, 0.05) is 24.7 Å². The van der Waals surface area contributed by atoms with Crippen LogP contribution in [-0.4, -0.2) is 35.2 Å². The van der Waals surface area contributed by atoms with Gasteiger partial charge in [-0.15, -0.1) is 10.2 Å². The molecule has 29 heavy (non-hydrogen) atoms. The topological polar surface area (TPSA) is 58.1 Å². The van der Waals surface area contributed by atoms with Crippen LogP contribution in [-0.2, 0) is 4.79 Å². The van der Waals surface area contributed by atoms with Gasteiger partial charge in [0.15, 0.2) is 5.82 Å². The Balaban J connectivity index is 1.38. The van der Waals surface area contributed by atoms with E-state index in [1.54, 1.807) is 0 Å². The lowest BCUT2D eigenvalue weighted by Gasteiger charge is -2.33. The van der Waals surface area contributed by atoms with Crippen molar-refractivity contribution in [3.05, 3.63) is 42.0 Å². The number of aromatic nitrogens is 2. The molecule has 1 aliphatic carbocycles. The molecule has 1 saturated carbocycles. The summed E-state index contributed by atoms with van der Waals surface area (Å²) in [5.41, 5.74) is 3.19. The minimum absolute atomic E-state index is 0.0465. The van der Waals surface area contributed by atoms with E-state index in [0.29, 0.717) is 6.04 Å². The third kappa shape index (κ3) is 5.14. The molecule has 4 rings (SSSR count). The molecule has 0 unspecified atom stereocenters. The van der Waals surface area contributed by atoms with Crippen LogP contribution in [0.2, 0.25) is 0 Å². The molecule has 1 aliphatic heterocycles. The number of carbonyl (C=O) groups is 1. The van der Waals surface area contributed by atoms with Crippen LogP contribution in [0.15, 0.2) is 36.4 Å². The molecule has 154 valence electrons. The summed E-state index contributed by atoms with van der Waals surface area (Å²) in [6.07, 6.45) is 9.34. The summed E-state index contributed by atoms with van der Waals surface area (Å²) in [7, 11) is 0. The molecule has 1 amide bonds. The molecule has 1 atom stereocenters. The average Bonchev–Trinajstić information content (AvgIpc) is 3.03. The van der Waals surface area contributed by atoms with Gasteiger partial charge in [0.05, 0.1) is 11.6 Å². The molecule has 1 aromatic heterocycles. The minimum atomic E-state index is 0.0465. The minimum Gasteiger partial charge on any atom is -0.354 e. The van der Waals surface area contributed by atoms with Crippen molar-refractivity contribution in [1.29, 1.82) is 0 Å². The fourth-order valence-corrected chi connectivity index (χ4v) is 4.59. The van der Waals surface area contributed by atoms with Crippen molar-refractivity contribution in [3.63, 3.8) is 0 Å². The lowest BCUT2D eigenvalue weighted by atomic mass is 9.96. The maximum absolute atomic E-state index is 12.9. The number of aryl methyl sites for hydroxylation is 1. The standard InChI is InChI=1S/C24H32N4O/c1-18-8-6-9-19(16-18)22-13-14-23(27-26-22)28-15-7-10-20(17-28)24(29)25-21-11-4-2-3-5-12-21/h6,8-9,13-14,16,20-21H,2-5,7,10-12,15,17H2,1H3,(H,25,29)/t20-/m0/s1. The zero-order valence-electron chi connectivity index (χ0n) is 17.4. The number of hydrogen-bond acceptors (Lipinski definition) is 4. The molecule has 1 aromatic carbocycles. The number of rotatable bonds is 4. The maximum atomic E-state index is 12.9. The van der Waals surface area contributed by atoms with Crippen LogP contribution in [0.1, 0.15) is 56.9 Å². The van der Waals surface area contributed by atoms with Crippen LogP contribution < -0.4 is 10.2 Å². The summed E-state index contributed by atoms with van der Waals surface area (Å²) < 4.78 is 0. The predicted molar refractivity (Wildman–Crippen MR) is 117 cm³/mol. The van der Waals surface area contributed by atoms with Gasteiger partial charge in [-0.25, -0.2) is 0 Å². The molecule has 1 N–H and O–H groups in total. The van der Waals surface area contributed by atoms with E-state index in [0.717, 1.165) is 55.8 Å². The number of nitrogens with one attached hydrogen (secondary N) is 1. The van der Waals surface area contributed by atoms with E-state index in [-0.39, 0.29) is 11.8 Å². The Bertz CT molecular complexity index is 812. The monoisotopic (exact) mass is 392 g/mol. The first kappa shape index (κ1) is 19.9. The number of hydrogen-bond donors (Lipinski definition) is 1. The van der Waals surface area contributed by atoms with E-state index in [1.165, 1.54) is 31.2 Å². The van der Waals surface area contributed by atoms with Gasteiger partial charge in [0.25, 0.3) is 0 Å². The highest BCUT2D eigenvalue weighted by molar-refractivity contribution is 5.79. The first-order valence-corrected chi connectivity index (χ1v) is 11.1. The molecule has 1 saturated heterocycles. The normalized spacial score (nSPS) is 20.9. The number of anilines is 1. The highest BCUT2D eigenvalue weighted by Crippen LogP contribution is 2.25. The van der Waals surface area contributed by atoms with Crippen molar-refractivity contribution in [2.24, 2.45) is 5.92 Å². The maximum Gasteiger partial charge on any atom is 0.225 e. The van der Waals surface area contributed by atoms with Gasteiger partial charge in [0.1, 0.15) is 0 Å². The Kier molecular flexibility index (Phi) is 6.43. The smallest absolute Gasteiger partial charge is 0.225 e. The van der Waals surface area contributed by atoms with Gasteiger partial charge in [-0.05, 0) is 50.8 Å². The molecule has 2 fully saturated rings. The second-order valence-electron chi connectivity index (χ2n) is 8.63. The van der Waals surface area contributed by atoms with Gasteiger partial charge in [-0.3, -0.25) is 4.79 Å². The summed E-state index contributed by atoms with van der Waals surface area (Å²) in [6, 6.07) is 12.8. The van der Waals surface area contributed by atoms with Crippen LogP contribution in [0.3, 0.4) is 0 Å². The molecule has 5 heteroatoms. The van der Waals surface area contributed by atoms with E-state index < -0.39 is 0 Å². The third-order valence-corrected chi connectivity index (χ3v) is 6.28. The molecular weight excluding hydrogens is 360 g/mol. The second-order valence-corrected chi connectivity index (χ2v) is 8.63. The summed E-state index contributed by atoms with van der Waals surface area (Å²) in [5, 5.41) is 12.3. The van der Waals surface area contributed by atoms with Crippen LogP contribution in [0.25, 0.3) is 11.3 Å². The van der Waals surface area contributed by atoms with Crippen LogP contribution >= 0.6 is 0 Å². The lowest BCUT2D eigenvalue weighted by molar-refractivity contribution is -0.126. The van der Waals surface area contributed by atoms with Crippen molar-refractivity contribution in [3.8, 4) is 11.3 Å². The van der Waals surface area contributed by atoms with Gasteiger partial charge < -0.3 is 10.2 Å². The number of amides is 1. The van der Waals surface area contributed by atoms with Crippen molar-refractivity contribution in [2.45, 2.75) is 64.3 Å². The van der Waals surface area contributed by atoms with Gasteiger partial charge >= 0.3 is 0 Å². The molecule has 2 aromatic rings. The van der Waals surface area contributed by atoms with Crippen molar-refractivity contribution < 1.29 is 4.79 Å². The van der Waals surface area contributed by atoms with E-state index in [4.69, 9.17) is 0 Å². The first-order valence-electron chi connectivity index (χ1n) is 11.1. The highest BCUT2D eigenvalue weighted by Gasteiger charge is 2.28. The SMILES string of the molecule is Cc1cccc(-c2ccc(N3CCC[C@H](C(=O)NC4CCCCCC4)C3)nn2)c1. The molecular formula is C24H32N4O. The fourth-order valence-electron chi connectivity index (χ4n) is 4.59. The van der Waals surface area contributed by atoms with Crippen LogP contribution in [0.5, 0.6) is 0 Å².